The molecule has 16 heavy (non-hydrogen) atoms. The predicted octanol–water partition coefficient (Wildman–Crippen LogP) is 3.61. The monoisotopic (exact) mass is 273 g/mol. The molecule has 1 aromatic heterocycles. The third kappa shape index (κ3) is 2.88. The van der Waals surface area contributed by atoms with Crippen molar-refractivity contribution in [1.82, 2.24) is 4.37 Å². The Kier molecular flexibility index (Phi) is 3.69. The van der Waals surface area contributed by atoms with Crippen molar-refractivity contribution in [1.29, 1.82) is 0 Å². The number of hydrogen-bond acceptors (Lipinski definition) is 2. The maximum absolute atomic E-state index is 11.0. The van der Waals surface area contributed by atoms with Gasteiger partial charge in [0.05, 0.1) is 5.38 Å². The number of alkyl halides is 1. The van der Waals surface area contributed by atoms with Gasteiger partial charge in [-0.25, -0.2) is 0 Å². The summed E-state index contributed by atoms with van der Waals surface area (Å²) in [4.78, 5) is 11.9. The van der Waals surface area contributed by atoms with Gasteiger partial charge in [0.25, 0.3) is 5.56 Å². The number of H-pyrrole nitrogens is 1. The fourth-order valence-electron chi connectivity index (χ4n) is 1.42. The third-order valence-corrected chi connectivity index (χ3v) is 3.66. The quantitative estimate of drug-likeness (QED) is 0.852. The van der Waals surface area contributed by atoms with E-state index in [9.17, 15) is 4.79 Å². The minimum absolute atomic E-state index is 0.0741. The van der Waals surface area contributed by atoms with Gasteiger partial charge in [-0.3, -0.25) is 9.17 Å². The lowest BCUT2D eigenvalue weighted by atomic mass is 10.1. The molecule has 84 valence electrons. The Bertz CT molecular complexity index is 535. The summed E-state index contributed by atoms with van der Waals surface area (Å²) in [6, 6.07) is 9.02. The lowest BCUT2D eigenvalue weighted by Crippen LogP contribution is -1.96. The molecule has 0 spiro atoms. The van der Waals surface area contributed by atoms with Crippen LogP contribution < -0.4 is 5.56 Å². The molecule has 0 aliphatic rings. The van der Waals surface area contributed by atoms with Crippen LogP contribution in [0.15, 0.2) is 35.1 Å². The number of aromatic amines is 1. The summed E-state index contributed by atoms with van der Waals surface area (Å²) in [5, 5.41) is 0.510. The fourth-order valence-corrected chi connectivity index (χ4v) is 2.72. The molecule has 0 saturated carbocycles. The molecule has 0 bridgehead atoms. The zero-order valence-electron chi connectivity index (χ0n) is 8.24. The molecule has 2 rings (SSSR count). The number of rotatable bonds is 3. The second kappa shape index (κ2) is 5.04. The highest BCUT2D eigenvalue weighted by Gasteiger charge is 2.10. The van der Waals surface area contributed by atoms with Gasteiger partial charge in [0.15, 0.2) is 0 Å². The maximum Gasteiger partial charge on any atom is 0.258 e. The van der Waals surface area contributed by atoms with Crippen molar-refractivity contribution in [3.05, 3.63) is 56.1 Å². The Morgan fingerprint density at radius 3 is 2.81 bits per heavy atom. The van der Waals surface area contributed by atoms with Crippen LogP contribution >= 0.6 is 34.7 Å². The second-order valence-electron chi connectivity index (χ2n) is 3.41. The summed E-state index contributed by atoms with van der Waals surface area (Å²) < 4.78 is 2.64. The van der Waals surface area contributed by atoms with Gasteiger partial charge in [0.2, 0.25) is 0 Å². The van der Waals surface area contributed by atoms with Crippen molar-refractivity contribution in [2.45, 2.75) is 11.8 Å². The van der Waals surface area contributed by atoms with Crippen LogP contribution in [0.25, 0.3) is 0 Å². The van der Waals surface area contributed by atoms with E-state index in [1.165, 1.54) is 11.5 Å². The van der Waals surface area contributed by atoms with Crippen LogP contribution in [0.2, 0.25) is 5.02 Å². The van der Waals surface area contributed by atoms with Crippen molar-refractivity contribution in [2.75, 3.05) is 0 Å². The van der Waals surface area contributed by atoms with Crippen molar-refractivity contribution < 1.29 is 0 Å². The topological polar surface area (TPSA) is 32.9 Å². The average molecular weight is 274 g/mol. The van der Waals surface area contributed by atoms with Crippen molar-refractivity contribution in [3.63, 3.8) is 0 Å². The van der Waals surface area contributed by atoms with Gasteiger partial charge in [-0.05, 0) is 17.7 Å². The van der Waals surface area contributed by atoms with Crippen LogP contribution in [-0.2, 0) is 6.42 Å². The van der Waals surface area contributed by atoms with E-state index in [1.807, 2.05) is 24.3 Å². The smallest absolute Gasteiger partial charge is 0.258 e. The Balaban J connectivity index is 2.14. The highest BCUT2D eigenvalue weighted by molar-refractivity contribution is 7.05. The lowest BCUT2D eigenvalue weighted by Gasteiger charge is -2.08. The number of halogens is 2. The van der Waals surface area contributed by atoms with E-state index in [0.717, 1.165) is 10.4 Å². The summed E-state index contributed by atoms with van der Waals surface area (Å²) >= 11 is 13.5. The molecule has 5 heteroatoms. The average Bonchev–Trinajstić information content (AvgIpc) is 2.64. The molecule has 2 nitrogen and oxygen atoms in total. The molecular formula is C11H9Cl2NOS. The van der Waals surface area contributed by atoms with E-state index in [2.05, 4.69) is 4.37 Å². The van der Waals surface area contributed by atoms with Crippen molar-refractivity contribution in [2.24, 2.45) is 0 Å². The molecule has 1 atom stereocenters. The van der Waals surface area contributed by atoms with Gasteiger partial charge in [-0.1, -0.05) is 35.3 Å². The molecule has 0 radical (unpaired) electrons. The van der Waals surface area contributed by atoms with Gasteiger partial charge in [-0.2, -0.15) is 0 Å². The summed E-state index contributed by atoms with van der Waals surface area (Å²) in [7, 11) is 0. The van der Waals surface area contributed by atoms with E-state index < -0.39 is 0 Å². The molecule has 1 unspecified atom stereocenters. The Morgan fingerprint density at radius 1 is 1.38 bits per heavy atom. The number of aromatic nitrogens is 1. The Hall–Kier alpha value is -0.770. The third-order valence-electron chi connectivity index (χ3n) is 2.17. The van der Waals surface area contributed by atoms with Gasteiger partial charge < -0.3 is 0 Å². The van der Waals surface area contributed by atoms with Crippen LogP contribution in [0.5, 0.6) is 0 Å². The molecule has 1 N–H and O–H groups in total. The molecule has 0 fully saturated rings. The lowest BCUT2D eigenvalue weighted by molar-refractivity contribution is 0.937. The summed E-state index contributed by atoms with van der Waals surface area (Å²) in [5.74, 6) is 0. The number of hydrogen-bond donors (Lipinski definition) is 1. The van der Waals surface area contributed by atoms with Crippen LogP contribution in [0, 0.1) is 0 Å². The maximum atomic E-state index is 11.0. The molecule has 0 amide bonds. The van der Waals surface area contributed by atoms with Gasteiger partial charge in [0, 0.05) is 22.4 Å². The standard InChI is InChI=1S/C11H9Cl2NOS/c12-8-3-1-2-7(4-8)10(13)5-9-6-11(15)14-16-9/h1-4,6,10H,5H2,(H,14,15). The number of benzene rings is 1. The van der Waals surface area contributed by atoms with E-state index in [4.69, 9.17) is 23.2 Å². The van der Waals surface area contributed by atoms with Crippen molar-refractivity contribution >= 4 is 34.7 Å². The van der Waals surface area contributed by atoms with Gasteiger partial charge >= 0.3 is 0 Å². The Labute approximate surface area is 107 Å². The second-order valence-corrected chi connectivity index (χ2v) is 5.30. The largest absolute Gasteiger partial charge is 0.278 e. The molecule has 2 aromatic rings. The minimum atomic E-state index is -0.162. The first kappa shape index (κ1) is 11.7. The predicted molar refractivity (Wildman–Crippen MR) is 68.7 cm³/mol. The summed E-state index contributed by atoms with van der Waals surface area (Å²) in [6.07, 6.45) is 0.630. The fraction of sp³-hybridized carbons (Fsp3) is 0.182. The first-order chi connectivity index (χ1) is 7.65. The molecule has 0 aliphatic heterocycles. The Morgan fingerprint density at radius 2 is 2.19 bits per heavy atom. The summed E-state index contributed by atoms with van der Waals surface area (Å²) in [5.41, 5.74) is 0.893. The zero-order valence-corrected chi connectivity index (χ0v) is 10.6. The first-order valence-corrected chi connectivity index (χ1v) is 6.35. The van der Waals surface area contributed by atoms with Crippen molar-refractivity contribution in [3.8, 4) is 0 Å². The van der Waals surface area contributed by atoms with Crippen LogP contribution in [0.4, 0.5) is 0 Å². The van der Waals surface area contributed by atoms with E-state index in [1.54, 1.807) is 6.07 Å². The minimum Gasteiger partial charge on any atom is -0.278 e. The highest BCUT2D eigenvalue weighted by atomic mass is 35.5. The highest BCUT2D eigenvalue weighted by Crippen LogP contribution is 2.27. The molecule has 0 saturated heterocycles. The van der Waals surface area contributed by atoms with E-state index in [-0.39, 0.29) is 10.9 Å². The van der Waals surface area contributed by atoms with Crippen LogP contribution in [0.3, 0.4) is 0 Å². The molecule has 1 aromatic carbocycles. The normalized spacial score (nSPS) is 12.6. The van der Waals surface area contributed by atoms with E-state index in [0.29, 0.717) is 11.4 Å². The first-order valence-electron chi connectivity index (χ1n) is 4.72. The van der Waals surface area contributed by atoms with Gasteiger partial charge in [-0.15, -0.1) is 11.6 Å². The van der Waals surface area contributed by atoms with Gasteiger partial charge in [0.1, 0.15) is 0 Å². The summed E-state index contributed by atoms with van der Waals surface area (Å²) in [6.45, 7) is 0. The molecule has 1 heterocycles. The molecule has 0 aliphatic carbocycles. The van der Waals surface area contributed by atoms with Crippen LogP contribution in [0.1, 0.15) is 15.8 Å². The van der Waals surface area contributed by atoms with Crippen LogP contribution in [-0.4, -0.2) is 4.37 Å². The van der Waals surface area contributed by atoms with E-state index >= 15 is 0 Å². The molecular weight excluding hydrogens is 265 g/mol. The number of nitrogens with one attached hydrogen (secondary N) is 1. The SMILES string of the molecule is O=c1cc(CC(Cl)c2cccc(Cl)c2)s[nH]1. The zero-order chi connectivity index (χ0) is 11.5.